The maximum absolute atomic E-state index is 12.7. The molecule has 1 atom stereocenters. The quantitative estimate of drug-likeness (QED) is 0.639. The lowest BCUT2D eigenvalue weighted by molar-refractivity contribution is -0.120. The minimum atomic E-state index is -0.429. The molecule has 0 saturated carbocycles. The van der Waals surface area contributed by atoms with Gasteiger partial charge in [0, 0.05) is 19.1 Å². The van der Waals surface area contributed by atoms with E-state index >= 15 is 0 Å². The Kier molecular flexibility index (Phi) is 6.14. The summed E-state index contributed by atoms with van der Waals surface area (Å²) in [6.45, 7) is 1.96. The Morgan fingerprint density at radius 3 is 2.68 bits per heavy atom. The van der Waals surface area contributed by atoms with Gasteiger partial charge in [-0.1, -0.05) is 12.1 Å². The van der Waals surface area contributed by atoms with E-state index in [1.807, 2.05) is 0 Å². The second kappa shape index (κ2) is 8.33. The van der Waals surface area contributed by atoms with Gasteiger partial charge in [0.25, 0.3) is 0 Å². The molecule has 2 rings (SSSR count). The topological polar surface area (TPSA) is 82.3 Å². The first-order valence-corrected chi connectivity index (χ1v) is 7.40. The molecule has 1 heterocycles. The highest BCUT2D eigenvalue weighted by atomic mass is 19.1. The average Bonchev–Trinajstić information content (AvgIpc) is 2.53. The summed E-state index contributed by atoms with van der Waals surface area (Å²) < 4.78 is 12.7. The van der Waals surface area contributed by atoms with E-state index in [9.17, 15) is 14.0 Å². The third-order valence-electron chi connectivity index (χ3n) is 3.44. The molecule has 4 N–H and O–H groups in total. The van der Waals surface area contributed by atoms with Gasteiger partial charge in [-0.2, -0.15) is 0 Å². The van der Waals surface area contributed by atoms with Crippen LogP contribution in [0.5, 0.6) is 0 Å². The average molecular weight is 308 g/mol. The Hall–Kier alpha value is -2.15. The molecule has 0 bridgehead atoms. The predicted octanol–water partition coefficient (Wildman–Crippen LogP) is 0.493. The summed E-state index contributed by atoms with van der Waals surface area (Å²) in [6, 6.07) is 5.56. The van der Waals surface area contributed by atoms with Gasteiger partial charge in [0.05, 0.1) is 6.54 Å². The fourth-order valence-corrected chi connectivity index (χ4v) is 2.26. The number of rotatable bonds is 5. The van der Waals surface area contributed by atoms with E-state index in [0.29, 0.717) is 0 Å². The number of hydrogen-bond acceptors (Lipinski definition) is 3. The molecular formula is C15H21FN4O2. The Morgan fingerprint density at radius 2 is 2.00 bits per heavy atom. The van der Waals surface area contributed by atoms with Gasteiger partial charge in [-0.05, 0) is 37.1 Å². The minimum absolute atomic E-state index is 0.0637. The number of amides is 3. The Balaban J connectivity index is 1.62. The molecule has 120 valence electrons. The molecule has 0 radical (unpaired) electrons. The summed E-state index contributed by atoms with van der Waals surface area (Å²) in [5.74, 6) is -0.521. The van der Waals surface area contributed by atoms with Crippen LogP contribution in [0.3, 0.4) is 0 Å². The number of carbonyl (C=O) groups excluding carboxylic acids is 2. The molecule has 1 aromatic carbocycles. The van der Waals surface area contributed by atoms with Crippen LogP contribution in [0.4, 0.5) is 9.18 Å². The van der Waals surface area contributed by atoms with Gasteiger partial charge in [0.1, 0.15) is 5.82 Å². The van der Waals surface area contributed by atoms with Crippen LogP contribution in [0, 0.1) is 5.82 Å². The van der Waals surface area contributed by atoms with Crippen LogP contribution in [0.25, 0.3) is 0 Å². The zero-order valence-electron chi connectivity index (χ0n) is 12.3. The highest BCUT2D eigenvalue weighted by Gasteiger charge is 2.15. The van der Waals surface area contributed by atoms with E-state index in [4.69, 9.17) is 0 Å². The summed E-state index contributed by atoms with van der Waals surface area (Å²) in [5.41, 5.74) is 0.786. The van der Waals surface area contributed by atoms with Crippen LogP contribution in [-0.4, -0.2) is 37.6 Å². The molecule has 7 heteroatoms. The van der Waals surface area contributed by atoms with E-state index in [1.54, 1.807) is 12.1 Å². The molecule has 1 saturated heterocycles. The van der Waals surface area contributed by atoms with E-state index in [2.05, 4.69) is 21.3 Å². The van der Waals surface area contributed by atoms with Gasteiger partial charge in [-0.25, -0.2) is 9.18 Å². The van der Waals surface area contributed by atoms with Gasteiger partial charge in [-0.15, -0.1) is 0 Å². The van der Waals surface area contributed by atoms with Crippen molar-refractivity contribution in [3.8, 4) is 0 Å². The van der Waals surface area contributed by atoms with Gasteiger partial charge in [-0.3, -0.25) is 4.79 Å². The van der Waals surface area contributed by atoms with Crippen LogP contribution in [0.1, 0.15) is 18.4 Å². The number of hydrogen-bond donors (Lipinski definition) is 4. The maximum Gasteiger partial charge on any atom is 0.315 e. The van der Waals surface area contributed by atoms with Crippen LogP contribution in [0.15, 0.2) is 24.3 Å². The fraction of sp³-hybridized carbons (Fsp3) is 0.467. The summed E-state index contributed by atoms with van der Waals surface area (Å²) >= 11 is 0. The molecule has 1 aliphatic heterocycles. The first-order valence-electron chi connectivity index (χ1n) is 7.40. The van der Waals surface area contributed by atoms with Gasteiger partial charge in [0.15, 0.2) is 0 Å². The predicted molar refractivity (Wildman–Crippen MR) is 80.7 cm³/mol. The Morgan fingerprint density at radius 1 is 1.23 bits per heavy atom. The van der Waals surface area contributed by atoms with Gasteiger partial charge < -0.3 is 21.3 Å². The first kappa shape index (κ1) is 16.2. The second-order valence-electron chi connectivity index (χ2n) is 5.27. The molecule has 22 heavy (non-hydrogen) atoms. The van der Waals surface area contributed by atoms with Gasteiger partial charge in [0.2, 0.25) is 5.91 Å². The standard InChI is InChI=1S/C15H21FN4O2/c16-12-5-3-11(4-6-12)8-18-15(22)19-10-14(21)20-13-2-1-7-17-9-13/h3-6,13,17H,1-2,7-10H2,(H,20,21)(H2,18,19,22)/t13-/m0/s1. The van der Waals surface area contributed by atoms with E-state index in [1.165, 1.54) is 12.1 Å². The third kappa shape index (κ3) is 5.69. The molecular weight excluding hydrogens is 287 g/mol. The summed E-state index contributed by atoms with van der Waals surface area (Å²) in [5, 5.41) is 11.2. The highest BCUT2D eigenvalue weighted by molar-refractivity contribution is 5.84. The van der Waals surface area contributed by atoms with Crippen molar-refractivity contribution in [1.82, 2.24) is 21.3 Å². The van der Waals surface area contributed by atoms with Crippen molar-refractivity contribution >= 4 is 11.9 Å². The van der Waals surface area contributed by atoms with Crippen molar-refractivity contribution in [2.75, 3.05) is 19.6 Å². The van der Waals surface area contributed by atoms with Crippen LogP contribution >= 0.6 is 0 Å². The molecule has 1 fully saturated rings. The number of benzene rings is 1. The van der Waals surface area contributed by atoms with Crippen LogP contribution < -0.4 is 21.3 Å². The maximum atomic E-state index is 12.7. The van der Waals surface area contributed by atoms with E-state index in [0.717, 1.165) is 31.5 Å². The summed E-state index contributed by atoms with van der Waals surface area (Å²) in [6.07, 6.45) is 1.99. The lowest BCUT2D eigenvalue weighted by Crippen LogP contribution is -2.49. The van der Waals surface area contributed by atoms with Crippen molar-refractivity contribution in [1.29, 1.82) is 0 Å². The molecule has 0 unspecified atom stereocenters. The summed E-state index contributed by atoms with van der Waals surface area (Å²) in [4.78, 5) is 23.3. The number of carbonyl (C=O) groups is 2. The SMILES string of the molecule is O=C(CNC(=O)NCc1ccc(F)cc1)N[C@H]1CCCNC1. The number of nitrogens with one attached hydrogen (secondary N) is 4. The molecule has 0 spiro atoms. The minimum Gasteiger partial charge on any atom is -0.351 e. The molecule has 3 amide bonds. The summed E-state index contributed by atoms with van der Waals surface area (Å²) in [7, 11) is 0. The molecule has 1 aliphatic rings. The molecule has 0 aliphatic carbocycles. The number of halogens is 1. The molecule has 1 aromatic rings. The van der Waals surface area contributed by atoms with E-state index in [-0.39, 0.29) is 30.9 Å². The van der Waals surface area contributed by atoms with Crippen LogP contribution in [-0.2, 0) is 11.3 Å². The number of urea groups is 1. The molecule has 0 aromatic heterocycles. The number of piperidine rings is 1. The zero-order chi connectivity index (χ0) is 15.8. The van der Waals surface area contributed by atoms with Crippen LogP contribution in [0.2, 0.25) is 0 Å². The third-order valence-corrected chi connectivity index (χ3v) is 3.44. The van der Waals surface area contributed by atoms with E-state index < -0.39 is 6.03 Å². The smallest absolute Gasteiger partial charge is 0.315 e. The second-order valence-corrected chi connectivity index (χ2v) is 5.27. The monoisotopic (exact) mass is 308 g/mol. The Labute approximate surface area is 128 Å². The van der Waals surface area contributed by atoms with Crippen molar-refractivity contribution in [2.45, 2.75) is 25.4 Å². The normalized spacial score (nSPS) is 17.6. The lowest BCUT2D eigenvalue weighted by atomic mass is 10.1. The lowest BCUT2D eigenvalue weighted by Gasteiger charge is -2.23. The van der Waals surface area contributed by atoms with Crippen molar-refractivity contribution in [2.24, 2.45) is 0 Å². The largest absolute Gasteiger partial charge is 0.351 e. The Bertz CT molecular complexity index is 501. The molecule has 6 nitrogen and oxygen atoms in total. The van der Waals surface area contributed by atoms with Crippen molar-refractivity contribution in [3.63, 3.8) is 0 Å². The fourth-order valence-electron chi connectivity index (χ4n) is 2.26. The van der Waals surface area contributed by atoms with Crippen molar-refractivity contribution in [3.05, 3.63) is 35.6 Å². The van der Waals surface area contributed by atoms with Crippen molar-refractivity contribution < 1.29 is 14.0 Å². The first-order chi connectivity index (χ1) is 10.6. The zero-order valence-corrected chi connectivity index (χ0v) is 12.3. The highest BCUT2D eigenvalue weighted by Crippen LogP contribution is 2.02. The van der Waals surface area contributed by atoms with Gasteiger partial charge >= 0.3 is 6.03 Å².